The minimum absolute atomic E-state index is 0.0669. The van der Waals surface area contributed by atoms with E-state index in [-0.39, 0.29) is 17.2 Å². The molecule has 0 unspecified atom stereocenters. The highest BCUT2D eigenvalue weighted by atomic mass is 32.1. The summed E-state index contributed by atoms with van der Waals surface area (Å²) in [6, 6.07) is 3.65. The molecular weight excluding hydrogens is 262 g/mol. The SMILES string of the molecule is C=CCN1C(=O)C(=Cc2cccn2C)C(=O)NC1=S. The Bertz CT molecular complexity index is 601. The third kappa shape index (κ3) is 2.48. The molecule has 6 heteroatoms. The van der Waals surface area contributed by atoms with E-state index in [9.17, 15) is 9.59 Å². The largest absolute Gasteiger partial charge is 0.351 e. The molecule has 5 nitrogen and oxygen atoms in total. The predicted molar refractivity (Wildman–Crippen MR) is 76.0 cm³/mol. The zero-order valence-electron chi connectivity index (χ0n) is 10.4. The van der Waals surface area contributed by atoms with Crippen molar-refractivity contribution in [2.24, 2.45) is 7.05 Å². The Morgan fingerprint density at radius 1 is 1.47 bits per heavy atom. The number of aromatic nitrogens is 1. The van der Waals surface area contributed by atoms with Gasteiger partial charge in [-0.2, -0.15) is 0 Å². The molecule has 0 spiro atoms. The summed E-state index contributed by atoms with van der Waals surface area (Å²) >= 11 is 4.97. The van der Waals surface area contributed by atoms with Crippen LogP contribution < -0.4 is 5.32 Å². The molecule has 2 heterocycles. The molecule has 1 aromatic heterocycles. The molecule has 1 aliphatic heterocycles. The third-order valence-electron chi connectivity index (χ3n) is 2.77. The Kier molecular flexibility index (Phi) is 3.62. The van der Waals surface area contributed by atoms with E-state index in [1.807, 2.05) is 29.9 Å². The van der Waals surface area contributed by atoms with E-state index in [4.69, 9.17) is 12.2 Å². The normalized spacial score (nSPS) is 17.8. The lowest BCUT2D eigenvalue weighted by Gasteiger charge is -2.27. The van der Waals surface area contributed by atoms with Gasteiger partial charge in [0, 0.05) is 25.5 Å². The van der Waals surface area contributed by atoms with E-state index < -0.39 is 11.8 Å². The molecule has 1 fully saturated rings. The number of carbonyl (C=O) groups excluding carboxylic acids is 2. The van der Waals surface area contributed by atoms with E-state index in [1.54, 1.807) is 12.2 Å². The summed E-state index contributed by atoms with van der Waals surface area (Å²) in [6.07, 6.45) is 4.95. The van der Waals surface area contributed by atoms with E-state index in [0.29, 0.717) is 0 Å². The average molecular weight is 275 g/mol. The number of nitrogens with zero attached hydrogens (tertiary/aromatic N) is 2. The number of rotatable bonds is 3. The van der Waals surface area contributed by atoms with Gasteiger partial charge in [0.05, 0.1) is 0 Å². The average Bonchev–Trinajstić information content (AvgIpc) is 2.76. The van der Waals surface area contributed by atoms with E-state index in [2.05, 4.69) is 11.9 Å². The van der Waals surface area contributed by atoms with Crippen molar-refractivity contribution in [3.8, 4) is 0 Å². The molecule has 0 bridgehead atoms. The summed E-state index contributed by atoms with van der Waals surface area (Å²) in [6.45, 7) is 3.83. The third-order valence-corrected chi connectivity index (χ3v) is 3.10. The van der Waals surface area contributed by atoms with Crippen molar-refractivity contribution in [1.82, 2.24) is 14.8 Å². The minimum Gasteiger partial charge on any atom is -0.351 e. The molecule has 0 atom stereocenters. The number of nitrogens with one attached hydrogen (secondary N) is 1. The van der Waals surface area contributed by atoms with Crippen LogP contribution in [0, 0.1) is 0 Å². The molecule has 1 saturated heterocycles. The van der Waals surface area contributed by atoms with Crippen LogP contribution in [0.15, 0.2) is 36.6 Å². The number of carbonyl (C=O) groups is 2. The topological polar surface area (TPSA) is 54.3 Å². The fourth-order valence-corrected chi connectivity index (χ4v) is 2.01. The van der Waals surface area contributed by atoms with E-state index >= 15 is 0 Å². The second-order valence-corrected chi connectivity index (χ2v) is 4.45. The van der Waals surface area contributed by atoms with Crippen LogP contribution in [0.4, 0.5) is 0 Å². The van der Waals surface area contributed by atoms with Crippen LogP contribution in [0.25, 0.3) is 6.08 Å². The Hall–Kier alpha value is -2.21. The summed E-state index contributed by atoms with van der Waals surface area (Å²) in [5, 5.41) is 2.61. The zero-order valence-corrected chi connectivity index (χ0v) is 11.2. The second kappa shape index (κ2) is 5.19. The van der Waals surface area contributed by atoms with Gasteiger partial charge in [0.2, 0.25) is 0 Å². The maximum atomic E-state index is 12.2. The Morgan fingerprint density at radius 2 is 2.21 bits per heavy atom. The molecule has 0 aromatic carbocycles. The molecule has 0 aliphatic carbocycles. The van der Waals surface area contributed by atoms with Crippen molar-refractivity contribution in [3.63, 3.8) is 0 Å². The van der Waals surface area contributed by atoms with Gasteiger partial charge in [-0.1, -0.05) is 6.08 Å². The molecule has 0 radical (unpaired) electrons. The maximum absolute atomic E-state index is 12.2. The minimum atomic E-state index is -0.475. The van der Waals surface area contributed by atoms with Crippen LogP contribution in [-0.4, -0.2) is 32.9 Å². The Labute approximate surface area is 116 Å². The Balaban J connectivity index is 2.39. The van der Waals surface area contributed by atoms with E-state index in [0.717, 1.165) is 5.69 Å². The van der Waals surface area contributed by atoms with Gasteiger partial charge in [0.1, 0.15) is 5.57 Å². The van der Waals surface area contributed by atoms with Crippen LogP contribution in [0.1, 0.15) is 5.69 Å². The molecule has 2 amide bonds. The number of hydrogen-bond donors (Lipinski definition) is 1. The molecular formula is C13H13N3O2S. The first-order valence-electron chi connectivity index (χ1n) is 5.65. The molecule has 1 N–H and O–H groups in total. The summed E-state index contributed by atoms with van der Waals surface area (Å²) in [5.41, 5.74) is 0.835. The highest BCUT2D eigenvalue weighted by molar-refractivity contribution is 7.80. The van der Waals surface area contributed by atoms with Gasteiger partial charge in [-0.25, -0.2) is 0 Å². The fourth-order valence-electron chi connectivity index (χ4n) is 1.76. The lowest BCUT2D eigenvalue weighted by Crippen LogP contribution is -2.53. The molecule has 19 heavy (non-hydrogen) atoms. The van der Waals surface area contributed by atoms with Crippen molar-refractivity contribution < 1.29 is 9.59 Å². The second-order valence-electron chi connectivity index (χ2n) is 4.07. The lowest BCUT2D eigenvalue weighted by atomic mass is 10.1. The lowest BCUT2D eigenvalue weighted by molar-refractivity contribution is -0.128. The first kappa shape index (κ1) is 13.2. The van der Waals surface area contributed by atoms with Crippen LogP contribution in [0.2, 0.25) is 0 Å². The van der Waals surface area contributed by atoms with Gasteiger partial charge < -0.3 is 4.57 Å². The molecule has 1 aromatic rings. The summed E-state index contributed by atoms with van der Waals surface area (Å²) in [5.74, 6) is -0.883. The van der Waals surface area contributed by atoms with Crippen LogP contribution in [0.3, 0.4) is 0 Å². The molecule has 0 saturated carbocycles. The van der Waals surface area contributed by atoms with Crippen LogP contribution in [-0.2, 0) is 16.6 Å². The van der Waals surface area contributed by atoms with Gasteiger partial charge in [-0.3, -0.25) is 19.8 Å². The number of amides is 2. The van der Waals surface area contributed by atoms with Crippen molar-refractivity contribution in [3.05, 3.63) is 42.3 Å². The molecule has 98 valence electrons. The van der Waals surface area contributed by atoms with Gasteiger partial charge in [0.25, 0.3) is 11.8 Å². The van der Waals surface area contributed by atoms with E-state index in [1.165, 1.54) is 4.90 Å². The van der Waals surface area contributed by atoms with Gasteiger partial charge in [-0.05, 0) is 30.4 Å². The van der Waals surface area contributed by atoms with Crippen molar-refractivity contribution in [2.45, 2.75) is 0 Å². The van der Waals surface area contributed by atoms with Crippen molar-refractivity contribution in [1.29, 1.82) is 0 Å². The predicted octanol–water partition coefficient (Wildman–Crippen LogP) is 0.838. The van der Waals surface area contributed by atoms with Gasteiger partial charge >= 0.3 is 0 Å². The standard InChI is InChI=1S/C13H13N3O2S/c1-3-6-16-12(18)10(11(17)14-13(16)19)8-9-5-4-7-15(9)2/h3-5,7-8H,1,6H2,2H3,(H,14,17,19). The van der Waals surface area contributed by atoms with Gasteiger partial charge in [0.15, 0.2) is 5.11 Å². The number of aryl methyl sites for hydroxylation is 1. The first-order chi connectivity index (χ1) is 9.04. The molecule has 1 aliphatic rings. The highest BCUT2D eigenvalue weighted by Gasteiger charge is 2.32. The number of thiocarbonyl (C=S) groups is 1. The number of hydrogen-bond acceptors (Lipinski definition) is 3. The quantitative estimate of drug-likeness (QED) is 0.385. The highest BCUT2D eigenvalue weighted by Crippen LogP contribution is 2.14. The maximum Gasteiger partial charge on any atom is 0.266 e. The van der Waals surface area contributed by atoms with Gasteiger partial charge in [-0.15, -0.1) is 6.58 Å². The van der Waals surface area contributed by atoms with Crippen LogP contribution >= 0.6 is 12.2 Å². The summed E-state index contributed by atoms with van der Waals surface area (Å²) in [7, 11) is 1.84. The zero-order chi connectivity index (χ0) is 14.0. The molecule has 2 rings (SSSR count). The Morgan fingerprint density at radius 3 is 2.79 bits per heavy atom. The van der Waals surface area contributed by atoms with Crippen molar-refractivity contribution >= 4 is 35.2 Å². The first-order valence-corrected chi connectivity index (χ1v) is 6.06. The smallest absolute Gasteiger partial charge is 0.266 e. The summed E-state index contributed by atoms with van der Waals surface area (Å²) < 4.78 is 1.82. The summed E-state index contributed by atoms with van der Waals surface area (Å²) in [4.78, 5) is 25.4. The van der Waals surface area contributed by atoms with Crippen LogP contribution in [0.5, 0.6) is 0 Å². The van der Waals surface area contributed by atoms with Crippen molar-refractivity contribution in [2.75, 3.05) is 6.54 Å². The fraction of sp³-hybridized carbons (Fsp3) is 0.154. The monoisotopic (exact) mass is 275 g/mol.